The molecule has 0 heterocycles. The number of fused-ring (bicyclic) bond motifs is 3. The Kier molecular flexibility index (Phi) is 3.53. The van der Waals surface area contributed by atoms with E-state index < -0.39 is 0 Å². The van der Waals surface area contributed by atoms with Gasteiger partial charge in [-0.3, -0.25) is 0 Å². The number of hydrogen-bond acceptors (Lipinski definition) is 1. The van der Waals surface area contributed by atoms with Gasteiger partial charge in [0.25, 0.3) is 0 Å². The third-order valence-electron chi connectivity index (χ3n) is 2.97. The van der Waals surface area contributed by atoms with Crippen LogP contribution in [0.4, 0.5) is 5.69 Å². The fraction of sp³-hybridized carbons (Fsp3) is 0.0769. The minimum atomic E-state index is 0. The number of nitrogens with two attached hydrogens (primary N) is 1. The van der Waals surface area contributed by atoms with Gasteiger partial charge in [-0.2, -0.15) is 0 Å². The van der Waals surface area contributed by atoms with Crippen LogP contribution in [0.25, 0.3) is 11.1 Å². The van der Waals surface area contributed by atoms with E-state index in [4.69, 9.17) is 17.3 Å². The molecule has 2 aromatic carbocycles. The summed E-state index contributed by atoms with van der Waals surface area (Å²) >= 11 is 9.76. The maximum atomic E-state index is 6.07. The lowest BCUT2D eigenvalue weighted by Gasteiger charge is -2.06. The van der Waals surface area contributed by atoms with Crippen LogP contribution in [0.15, 0.2) is 36.4 Å². The van der Waals surface area contributed by atoms with Crippen molar-refractivity contribution in [3.05, 3.63) is 52.5 Å². The zero-order valence-corrected chi connectivity index (χ0v) is 12.8. The van der Waals surface area contributed by atoms with Crippen LogP contribution in [0.2, 0.25) is 5.02 Å². The van der Waals surface area contributed by atoms with E-state index in [2.05, 4.69) is 28.1 Å². The van der Waals surface area contributed by atoms with Crippen molar-refractivity contribution in [2.24, 2.45) is 0 Å². The number of rotatable bonds is 0. The maximum Gasteiger partial charge on any atom is 0.0657 e. The van der Waals surface area contributed by atoms with Gasteiger partial charge in [-0.05, 0) is 34.4 Å². The van der Waals surface area contributed by atoms with Gasteiger partial charge in [0.15, 0.2) is 0 Å². The lowest BCUT2D eigenvalue weighted by molar-refractivity contribution is 1.25. The topological polar surface area (TPSA) is 26.0 Å². The summed E-state index contributed by atoms with van der Waals surface area (Å²) in [6.45, 7) is 0. The second-order valence-corrected chi connectivity index (χ2v) is 5.23. The molecule has 1 aliphatic rings. The van der Waals surface area contributed by atoms with E-state index in [0.717, 1.165) is 0 Å². The first kappa shape index (κ1) is 12.9. The van der Waals surface area contributed by atoms with E-state index >= 15 is 0 Å². The smallest absolute Gasteiger partial charge is 0.0657 e. The molecule has 17 heavy (non-hydrogen) atoms. The average molecular weight is 375 g/mol. The maximum absolute atomic E-state index is 6.07. The van der Waals surface area contributed by atoms with Crippen molar-refractivity contribution in [1.29, 1.82) is 0 Å². The van der Waals surface area contributed by atoms with E-state index in [1.807, 2.05) is 24.3 Å². The zero-order chi connectivity index (χ0) is 11.3. The highest BCUT2D eigenvalue weighted by Gasteiger charge is 2.26. The summed E-state index contributed by atoms with van der Waals surface area (Å²) in [5.74, 6) is 0. The van der Waals surface area contributed by atoms with Crippen molar-refractivity contribution in [3.63, 3.8) is 0 Å². The molecule has 0 fully saturated rings. The van der Waals surface area contributed by atoms with E-state index in [9.17, 15) is 0 Å². The first-order chi connectivity index (χ1) is 7.68. The summed E-state index contributed by atoms with van der Waals surface area (Å²) in [4.78, 5) is 0.221. The summed E-state index contributed by atoms with van der Waals surface area (Å²) in [5.41, 5.74) is 11.4. The van der Waals surface area contributed by atoms with Crippen molar-refractivity contribution in [2.75, 3.05) is 5.73 Å². The fourth-order valence-corrected chi connectivity index (χ4v) is 3.12. The van der Waals surface area contributed by atoms with Crippen LogP contribution in [-0.4, -0.2) is 0 Å². The van der Waals surface area contributed by atoms with Crippen LogP contribution in [-0.2, 0) is 0 Å². The summed E-state index contributed by atoms with van der Waals surface area (Å²) in [6, 6.07) is 12.2. The SMILES string of the molecule is Br.Nc1cc2c(cc1Cl)-c1ccccc1C2Br. The minimum absolute atomic E-state index is 0. The van der Waals surface area contributed by atoms with Gasteiger partial charge in [0.1, 0.15) is 0 Å². The van der Waals surface area contributed by atoms with Gasteiger partial charge < -0.3 is 5.73 Å². The quantitative estimate of drug-likeness (QED) is 0.511. The van der Waals surface area contributed by atoms with E-state index in [0.29, 0.717) is 10.7 Å². The Morgan fingerprint density at radius 3 is 2.53 bits per heavy atom. The van der Waals surface area contributed by atoms with Crippen molar-refractivity contribution in [2.45, 2.75) is 4.83 Å². The van der Waals surface area contributed by atoms with Gasteiger partial charge in [0.2, 0.25) is 0 Å². The molecule has 1 unspecified atom stereocenters. The van der Waals surface area contributed by atoms with E-state index in [-0.39, 0.29) is 21.8 Å². The van der Waals surface area contributed by atoms with Crippen LogP contribution in [0.5, 0.6) is 0 Å². The summed E-state index contributed by atoms with van der Waals surface area (Å²) in [5, 5.41) is 0.621. The normalized spacial score (nSPS) is 16.0. The van der Waals surface area contributed by atoms with Crippen molar-refractivity contribution < 1.29 is 0 Å². The molecule has 0 aliphatic heterocycles. The van der Waals surface area contributed by atoms with Crippen LogP contribution in [0, 0.1) is 0 Å². The lowest BCUT2D eigenvalue weighted by atomic mass is 10.1. The molecule has 1 nitrogen and oxygen atoms in total. The van der Waals surface area contributed by atoms with Crippen LogP contribution < -0.4 is 5.73 Å². The number of anilines is 1. The highest BCUT2D eigenvalue weighted by Crippen LogP contribution is 2.49. The molecule has 0 saturated carbocycles. The molecular formula is C13H10Br2ClN. The van der Waals surface area contributed by atoms with E-state index in [1.165, 1.54) is 22.3 Å². The van der Waals surface area contributed by atoms with Crippen molar-refractivity contribution in [1.82, 2.24) is 0 Å². The highest BCUT2D eigenvalue weighted by atomic mass is 79.9. The molecule has 0 bridgehead atoms. The van der Waals surface area contributed by atoms with Crippen molar-refractivity contribution >= 4 is 50.2 Å². The first-order valence-corrected chi connectivity index (χ1v) is 6.30. The van der Waals surface area contributed by atoms with Crippen LogP contribution in [0.3, 0.4) is 0 Å². The van der Waals surface area contributed by atoms with Gasteiger partial charge in [-0.1, -0.05) is 51.8 Å². The standard InChI is InChI=1S/C13H9BrClN.BrH/c14-13-8-4-2-1-3-7(8)9-5-11(15)12(16)6-10(9)13;/h1-6,13H,16H2;1H. The second kappa shape index (κ2) is 4.63. The van der Waals surface area contributed by atoms with Crippen LogP contribution in [0.1, 0.15) is 16.0 Å². The molecule has 4 heteroatoms. The zero-order valence-electron chi connectivity index (χ0n) is 8.78. The number of halogens is 3. The minimum Gasteiger partial charge on any atom is -0.398 e. The summed E-state index contributed by atoms with van der Waals surface area (Å²) < 4.78 is 0. The molecular weight excluding hydrogens is 365 g/mol. The van der Waals surface area contributed by atoms with Gasteiger partial charge in [-0.15, -0.1) is 17.0 Å². The monoisotopic (exact) mass is 373 g/mol. The van der Waals surface area contributed by atoms with Gasteiger partial charge >= 0.3 is 0 Å². The Morgan fingerprint density at radius 1 is 1.06 bits per heavy atom. The largest absolute Gasteiger partial charge is 0.398 e. The molecule has 0 saturated heterocycles. The predicted octanol–water partition coefficient (Wildman–Crippen LogP) is 4.96. The Balaban J connectivity index is 0.00000108. The molecule has 0 aromatic heterocycles. The molecule has 0 spiro atoms. The Hall–Kier alpha value is -0.510. The highest BCUT2D eigenvalue weighted by molar-refractivity contribution is 9.09. The summed E-state index contributed by atoms with van der Waals surface area (Å²) in [7, 11) is 0. The second-order valence-electron chi connectivity index (χ2n) is 3.91. The Bertz CT molecular complexity index is 584. The number of hydrogen-bond donors (Lipinski definition) is 1. The predicted molar refractivity (Wildman–Crippen MR) is 82.4 cm³/mol. The summed E-state index contributed by atoms with van der Waals surface area (Å²) in [6.07, 6.45) is 0. The molecule has 1 atom stereocenters. The third-order valence-corrected chi connectivity index (χ3v) is 4.28. The molecule has 1 aliphatic carbocycles. The van der Waals surface area contributed by atoms with Gasteiger partial charge in [0, 0.05) is 0 Å². The molecule has 2 aromatic rings. The third kappa shape index (κ3) is 1.90. The van der Waals surface area contributed by atoms with Gasteiger partial charge in [-0.25, -0.2) is 0 Å². The average Bonchev–Trinajstić information content (AvgIpc) is 2.55. The number of alkyl halides is 1. The Morgan fingerprint density at radius 2 is 1.76 bits per heavy atom. The first-order valence-electron chi connectivity index (χ1n) is 5.01. The molecule has 3 rings (SSSR count). The van der Waals surface area contributed by atoms with Crippen LogP contribution >= 0.6 is 44.5 Å². The molecule has 88 valence electrons. The molecule has 0 amide bonds. The molecule has 2 N–H and O–H groups in total. The number of benzene rings is 2. The lowest BCUT2D eigenvalue weighted by Crippen LogP contribution is -1.90. The van der Waals surface area contributed by atoms with E-state index in [1.54, 1.807) is 0 Å². The number of nitrogen functional groups attached to an aromatic ring is 1. The molecule has 0 radical (unpaired) electrons. The van der Waals surface area contributed by atoms with Gasteiger partial charge in [0.05, 0.1) is 15.5 Å². The Labute approximate surface area is 124 Å². The van der Waals surface area contributed by atoms with Crippen molar-refractivity contribution in [3.8, 4) is 11.1 Å². The fourth-order valence-electron chi connectivity index (χ4n) is 2.18.